The first-order valence-corrected chi connectivity index (χ1v) is 7.76. The summed E-state index contributed by atoms with van der Waals surface area (Å²) in [5.74, 6) is 1.20. The van der Waals surface area contributed by atoms with E-state index < -0.39 is 12.1 Å². The van der Waals surface area contributed by atoms with Crippen LogP contribution >= 0.6 is 0 Å². The van der Waals surface area contributed by atoms with Crippen molar-refractivity contribution in [3.63, 3.8) is 0 Å². The van der Waals surface area contributed by atoms with Crippen molar-refractivity contribution in [2.75, 3.05) is 19.9 Å². The Hall–Kier alpha value is -2.28. The van der Waals surface area contributed by atoms with Gasteiger partial charge in [0.25, 0.3) is 0 Å². The van der Waals surface area contributed by atoms with Crippen molar-refractivity contribution in [3.05, 3.63) is 23.8 Å². The van der Waals surface area contributed by atoms with Crippen LogP contribution in [0.15, 0.2) is 18.2 Å². The van der Waals surface area contributed by atoms with Gasteiger partial charge < -0.3 is 24.4 Å². The van der Waals surface area contributed by atoms with Gasteiger partial charge in [0, 0.05) is 19.5 Å². The molecule has 0 unspecified atom stereocenters. The van der Waals surface area contributed by atoms with Gasteiger partial charge in [-0.1, -0.05) is 6.07 Å². The zero-order valence-electron chi connectivity index (χ0n) is 12.6. The molecule has 122 valence electrons. The third-order valence-electron chi connectivity index (χ3n) is 4.63. The van der Waals surface area contributed by atoms with Gasteiger partial charge in [0.1, 0.15) is 12.6 Å². The van der Waals surface area contributed by atoms with Crippen LogP contribution in [0.3, 0.4) is 0 Å². The zero-order chi connectivity index (χ0) is 16.0. The van der Waals surface area contributed by atoms with E-state index in [4.69, 9.17) is 9.47 Å². The molecule has 23 heavy (non-hydrogen) atoms. The summed E-state index contributed by atoms with van der Waals surface area (Å²) in [5, 5.41) is 9.79. The summed E-state index contributed by atoms with van der Waals surface area (Å²) in [4.78, 5) is 28.1. The lowest BCUT2D eigenvalue weighted by Crippen LogP contribution is -2.62. The number of ether oxygens (including phenoxy) is 2. The van der Waals surface area contributed by atoms with Crippen molar-refractivity contribution < 1.29 is 24.2 Å². The number of fused-ring (bicyclic) bond motifs is 2. The molecular formula is C16H18N2O5. The largest absolute Gasteiger partial charge is 0.454 e. The lowest BCUT2D eigenvalue weighted by Gasteiger charge is -2.44. The molecule has 0 aliphatic carbocycles. The van der Waals surface area contributed by atoms with Crippen molar-refractivity contribution >= 4 is 11.8 Å². The van der Waals surface area contributed by atoms with Crippen molar-refractivity contribution in [1.29, 1.82) is 0 Å². The van der Waals surface area contributed by atoms with Gasteiger partial charge >= 0.3 is 0 Å². The van der Waals surface area contributed by atoms with Gasteiger partial charge in [-0.3, -0.25) is 9.59 Å². The predicted molar refractivity (Wildman–Crippen MR) is 78.7 cm³/mol. The van der Waals surface area contributed by atoms with Crippen molar-refractivity contribution in [2.45, 2.75) is 31.5 Å². The minimum Gasteiger partial charge on any atom is -0.454 e. The Morgan fingerprint density at radius 2 is 2.04 bits per heavy atom. The highest BCUT2D eigenvalue weighted by molar-refractivity contribution is 5.95. The van der Waals surface area contributed by atoms with Crippen LogP contribution in [0.25, 0.3) is 0 Å². The van der Waals surface area contributed by atoms with Gasteiger partial charge in [0.15, 0.2) is 11.5 Å². The van der Waals surface area contributed by atoms with Gasteiger partial charge in [0.2, 0.25) is 18.6 Å². The van der Waals surface area contributed by atoms with Crippen LogP contribution in [0.5, 0.6) is 11.5 Å². The second-order valence-corrected chi connectivity index (χ2v) is 6.16. The summed E-state index contributed by atoms with van der Waals surface area (Å²) in [5.41, 5.74) is 0.889. The molecule has 0 aromatic heterocycles. The van der Waals surface area contributed by atoms with E-state index in [-0.39, 0.29) is 25.2 Å². The topological polar surface area (TPSA) is 79.3 Å². The van der Waals surface area contributed by atoms with E-state index in [1.807, 2.05) is 18.2 Å². The molecule has 1 aromatic carbocycles. The number of carbonyl (C=O) groups excluding carboxylic acids is 2. The number of hydrogen-bond donors (Lipinski definition) is 1. The number of piperazine rings is 1. The molecule has 1 aromatic rings. The fourth-order valence-corrected chi connectivity index (χ4v) is 3.42. The van der Waals surface area contributed by atoms with Crippen LogP contribution in [0, 0.1) is 0 Å². The van der Waals surface area contributed by atoms with Gasteiger partial charge in [0.05, 0.1) is 6.10 Å². The molecule has 7 heteroatoms. The Kier molecular flexibility index (Phi) is 3.37. The monoisotopic (exact) mass is 318 g/mol. The van der Waals surface area contributed by atoms with Crippen LogP contribution in [0.4, 0.5) is 0 Å². The Labute approximate surface area is 133 Å². The minimum atomic E-state index is -0.533. The molecule has 3 aliphatic heterocycles. The second kappa shape index (κ2) is 5.42. The number of carbonyl (C=O) groups is 2. The first-order chi connectivity index (χ1) is 11.1. The van der Waals surface area contributed by atoms with Gasteiger partial charge in [-0.2, -0.15) is 0 Å². The van der Waals surface area contributed by atoms with Crippen molar-refractivity contribution in [3.8, 4) is 11.5 Å². The maximum absolute atomic E-state index is 12.7. The van der Waals surface area contributed by atoms with Crippen LogP contribution in [0.1, 0.15) is 18.4 Å². The predicted octanol–water partition coefficient (Wildman–Crippen LogP) is 0.109. The minimum absolute atomic E-state index is 0.0535. The summed E-state index contributed by atoms with van der Waals surface area (Å²) in [6.07, 6.45) is 0.346. The van der Waals surface area contributed by atoms with Crippen LogP contribution in [-0.2, 0) is 16.1 Å². The lowest BCUT2D eigenvalue weighted by atomic mass is 9.96. The Morgan fingerprint density at radius 3 is 2.91 bits per heavy atom. The lowest BCUT2D eigenvalue weighted by molar-refractivity contribution is -0.160. The van der Waals surface area contributed by atoms with Gasteiger partial charge in [-0.05, 0) is 24.1 Å². The third-order valence-corrected chi connectivity index (χ3v) is 4.63. The Balaban J connectivity index is 1.52. The first kappa shape index (κ1) is 14.3. The van der Waals surface area contributed by atoms with Crippen LogP contribution < -0.4 is 9.47 Å². The van der Waals surface area contributed by atoms with Crippen LogP contribution in [0.2, 0.25) is 0 Å². The number of amides is 2. The van der Waals surface area contributed by atoms with Gasteiger partial charge in [-0.15, -0.1) is 0 Å². The number of hydrogen-bond acceptors (Lipinski definition) is 5. The molecule has 2 atom stereocenters. The average Bonchev–Trinajstić information content (AvgIpc) is 3.00. The number of nitrogens with zero attached hydrogens (tertiary/aromatic N) is 2. The molecule has 0 spiro atoms. The molecule has 0 saturated carbocycles. The average molecular weight is 318 g/mol. The highest BCUT2D eigenvalue weighted by atomic mass is 16.7. The number of aliphatic hydroxyl groups excluding tert-OH is 1. The molecule has 2 saturated heterocycles. The van der Waals surface area contributed by atoms with E-state index >= 15 is 0 Å². The van der Waals surface area contributed by atoms with E-state index in [2.05, 4.69) is 0 Å². The first-order valence-electron chi connectivity index (χ1n) is 7.76. The molecular weight excluding hydrogens is 300 g/mol. The third kappa shape index (κ3) is 2.50. The molecule has 0 radical (unpaired) electrons. The summed E-state index contributed by atoms with van der Waals surface area (Å²) < 4.78 is 10.6. The molecule has 0 bridgehead atoms. The van der Waals surface area contributed by atoms with Crippen molar-refractivity contribution in [2.24, 2.45) is 0 Å². The number of rotatable bonds is 2. The normalized spacial score (nSPS) is 26.5. The second-order valence-electron chi connectivity index (χ2n) is 6.16. The van der Waals surface area contributed by atoms with Crippen LogP contribution in [-0.4, -0.2) is 58.7 Å². The number of piperidine rings is 1. The van der Waals surface area contributed by atoms with Crippen molar-refractivity contribution in [1.82, 2.24) is 9.80 Å². The molecule has 2 fully saturated rings. The smallest absolute Gasteiger partial charge is 0.246 e. The van der Waals surface area contributed by atoms with E-state index in [0.29, 0.717) is 37.4 Å². The SMILES string of the molecule is O=C1[C@H]2C[C@@H](O)CCN2C(=O)CN1Cc1ccc2c(c1)OCO2. The fourth-order valence-electron chi connectivity index (χ4n) is 3.42. The standard InChI is InChI=1S/C16H18N2O5/c19-11-3-4-18-12(6-11)16(21)17(8-15(18)20)7-10-1-2-13-14(5-10)23-9-22-13/h1-2,5,11-12,19H,3-4,6-9H2/t11-,12+/m0/s1. The van der Waals surface area contributed by atoms with E-state index in [1.165, 1.54) is 0 Å². The number of aliphatic hydroxyl groups is 1. The summed E-state index contributed by atoms with van der Waals surface area (Å²) in [6.45, 7) is 1.09. The summed E-state index contributed by atoms with van der Waals surface area (Å²) in [6, 6.07) is 4.98. The summed E-state index contributed by atoms with van der Waals surface area (Å²) >= 11 is 0. The summed E-state index contributed by atoms with van der Waals surface area (Å²) in [7, 11) is 0. The quantitative estimate of drug-likeness (QED) is 0.837. The Morgan fingerprint density at radius 1 is 1.22 bits per heavy atom. The highest BCUT2D eigenvalue weighted by Gasteiger charge is 2.42. The number of benzene rings is 1. The highest BCUT2D eigenvalue weighted by Crippen LogP contribution is 2.33. The zero-order valence-corrected chi connectivity index (χ0v) is 12.6. The van der Waals surface area contributed by atoms with Gasteiger partial charge in [-0.25, -0.2) is 0 Å². The van der Waals surface area contributed by atoms with E-state index in [9.17, 15) is 14.7 Å². The molecule has 7 nitrogen and oxygen atoms in total. The molecule has 3 aliphatic rings. The maximum atomic E-state index is 12.7. The Bertz CT molecular complexity index is 662. The maximum Gasteiger partial charge on any atom is 0.246 e. The molecule has 2 amide bonds. The molecule has 4 rings (SSSR count). The molecule has 1 N–H and O–H groups in total. The van der Waals surface area contributed by atoms with E-state index in [1.54, 1.807) is 9.80 Å². The fraction of sp³-hybridized carbons (Fsp3) is 0.500. The molecule has 3 heterocycles. The van der Waals surface area contributed by atoms with E-state index in [0.717, 1.165) is 5.56 Å².